The Balaban J connectivity index is 1.91. The van der Waals surface area contributed by atoms with E-state index in [1.54, 1.807) is 17.1 Å². The highest BCUT2D eigenvalue weighted by Crippen LogP contribution is 2.17. The van der Waals surface area contributed by atoms with E-state index < -0.39 is 0 Å². The standard InChI is InChI=1S/C11H17N3O/c1-14-8-9(7-12-14)11(15)13-10-5-3-2-4-6-10/h7-8,10H,2-6H2,1H3,(H,13,15). The summed E-state index contributed by atoms with van der Waals surface area (Å²) in [5, 5.41) is 7.04. The maximum atomic E-state index is 11.8. The molecule has 0 saturated heterocycles. The Bertz CT molecular complexity index is 339. The lowest BCUT2D eigenvalue weighted by Gasteiger charge is -2.22. The number of carbonyl (C=O) groups is 1. The first-order chi connectivity index (χ1) is 7.25. The van der Waals surface area contributed by atoms with Gasteiger partial charge < -0.3 is 5.32 Å². The largest absolute Gasteiger partial charge is 0.349 e. The van der Waals surface area contributed by atoms with Gasteiger partial charge in [-0.2, -0.15) is 5.10 Å². The van der Waals surface area contributed by atoms with Gasteiger partial charge in [-0.15, -0.1) is 0 Å². The van der Waals surface area contributed by atoms with Crippen molar-refractivity contribution in [1.82, 2.24) is 15.1 Å². The van der Waals surface area contributed by atoms with E-state index in [1.807, 2.05) is 7.05 Å². The first-order valence-electron chi connectivity index (χ1n) is 5.55. The van der Waals surface area contributed by atoms with Gasteiger partial charge in [-0.3, -0.25) is 9.48 Å². The first kappa shape index (κ1) is 10.2. The Morgan fingerprint density at radius 2 is 2.20 bits per heavy atom. The predicted molar refractivity (Wildman–Crippen MR) is 57.5 cm³/mol. The highest BCUT2D eigenvalue weighted by Gasteiger charge is 2.17. The molecule has 0 spiro atoms. The van der Waals surface area contributed by atoms with Gasteiger partial charge in [-0.05, 0) is 12.8 Å². The van der Waals surface area contributed by atoms with E-state index in [9.17, 15) is 4.79 Å². The average Bonchev–Trinajstić information content (AvgIpc) is 2.66. The van der Waals surface area contributed by atoms with Gasteiger partial charge in [0.05, 0.1) is 11.8 Å². The second-order valence-electron chi connectivity index (χ2n) is 4.21. The molecule has 1 aromatic rings. The molecular weight excluding hydrogens is 190 g/mol. The van der Waals surface area contributed by atoms with E-state index >= 15 is 0 Å². The molecule has 0 radical (unpaired) electrons. The lowest BCUT2D eigenvalue weighted by Crippen LogP contribution is -2.35. The van der Waals surface area contributed by atoms with Crippen molar-refractivity contribution in [2.45, 2.75) is 38.1 Å². The molecule has 1 amide bonds. The second-order valence-corrected chi connectivity index (χ2v) is 4.21. The van der Waals surface area contributed by atoms with Gasteiger partial charge in [0.15, 0.2) is 0 Å². The van der Waals surface area contributed by atoms with E-state index in [4.69, 9.17) is 0 Å². The number of nitrogens with one attached hydrogen (secondary N) is 1. The fraction of sp³-hybridized carbons (Fsp3) is 0.636. The number of hydrogen-bond donors (Lipinski definition) is 1. The van der Waals surface area contributed by atoms with Crippen LogP contribution in [0.25, 0.3) is 0 Å². The van der Waals surface area contributed by atoms with E-state index in [-0.39, 0.29) is 5.91 Å². The zero-order chi connectivity index (χ0) is 10.7. The van der Waals surface area contributed by atoms with Gasteiger partial charge in [0, 0.05) is 19.3 Å². The number of amides is 1. The Hall–Kier alpha value is -1.32. The molecule has 0 aliphatic heterocycles. The molecule has 1 fully saturated rings. The van der Waals surface area contributed by atoms with Crippen LogP contribution in [0.3, 0.4) is 0 Å². The summed E-state index contributed by atoms with van der Waals surface area (Å²) in [6.07, 6.45) is 9.36. The molecule has 0 unspecified atom stereocenters. The van der Waals surface area contributed by atoms with Crippen molar-refractivity contribution >= 4 is 5.91 Å². The van der Waals surface area contributed by atoms with Crippen LogP contribution in [-0.2, 0) is 7.05 Å². The monoisotopic (exact) mass is 207 g/mol. The highest BCUT2D eigenvalue weighted by atomic mass is 16.1. The van der Waals surface area contributed by atoms with Crippen molar-refractivity contribution in [2.75, 3.05) is 0 Å². The van der Waals surface area contributed by atoms with Crippen LogP contribution >= 0.6 is 0 Å². The number of rotatable bonds is 2. The van der Waals surface area contributed by atoms with Gasteiger partial charge in [0.2, 0.25) is 0 Å². The number of carbonyl (C=O) groups excluding carboxylic acids is 1. The van der Waals surface area contributed by atoms with Crippen molar-refractivity contribution in [3.05, 3.63) is 18.0 Å². The van der Waals surface area contributed by atoms with Gasteiger partial charge in [-0.1, -0.05) is 19.3 Å². The molecule has 82 valence electrons. The molecule has 4 heteroatoms. The molecule has 1 N–H and O–H groups in total. The normalized spacial score (nSPS) is 17.7. The highest BCUT2D eigenvalue weighted by molar-refractivity contribution is 5.93. The van der Waals surface area contributed by atoms with E-state index in [0.29, 0.717) is 11.6 Å². The summed E-state index contributed by atoms with van der Waals surface area (Å²) in [6, 6.07) is 0.367. The number of aryl methyl sites for hydroxylation is 1. The number of nitrogens with zero attached hydrogens (tertiary/aromatic N) is 2. The molecule has 0 aromatic carbocycles. The molecule has 4 nitrogen and oxygen atoms in total. The Kier molecular flexibility index (Phi) is 3.04. The van der Waals surface area contributed by atoms with E-state index in [2.05, 4.69) is 10.4 Å². The molecule has 0 atom stereocenters. The molecule has 1 aliphatic carbocycles. The maximum Gasteiger partial charge on any atom is 0.254 e. The molecule has 2 rings (SSSR count). The summed E-state index contributed by atoms with van der Waals surface area (Å²) in [5.41, 5.74) is 0.656. The second kappa shape index (κ2) is 4.47. The third-order valence-corrected chi connectivity index (χ3v) is 2.91. The summed E-state index contributed by atoms with van der Waals surface area (Å²) in [4.78, 5) is 11.8. The quantitative estimate of drug-likeness (QED) is 0.798. The third kappa shape index (κ3) is 2.58. The van der Waals surface area contributed by atoms with Crippen molar-refractivity contribution in [2.24, 2.45) is 7.05 Å². The van der Waals surface area contributed by atoms with Crippen molar-refractivity contribution < 1.29 is 4.79 Å². The third-order valence-electron chi connectivity index (χ3n) is 2.91. The molecule has 0 bridgehead atoms. The van der Waals surface area contributed by atoms with Crippen LogP contribution in [-0.4, -0.2) is 21.7 Å². The van der Waals surface area contributed by atoms with Crippen LogP contribution in [0.1, 0.15) is 42.5 Å². The smallest absolute Gasteiger partial charge is 0.254 e. The van der Waals surface area contributed by atoms with Crippen LogP contribution in [0.4, 0.5) is 0 Å². The van der Waals surface area contributed by atoms with Crippen LogP contribution < -0.4 is 5.32 Å². The van der Waals surface area contributed by atoms with Crippen LogP contribution in [0, 0.1) is 0 Å². The molecule has 15 heavy (non-hydrogen) atoms. The minimum absolute atomic E-state index is 0.00926. The van der Waals surface area contributed by atoms with E-state index in [1.165, 1.54) is 19.3 Å². The summed E-state index contributed by atoms with van der Waals surface area (Å²) in [7, 11) is 1.82. The minimum Gasteiger partial charge on any atom is -0.349 e. The summed E-state index contributed by atoms with van der Waals surface area (Å²) in [6.45, 7) is 0. The van der Waals surface area contributed by atoms with Gasteiger partial charge in [0.25, 0.3) is 5.91 Å². The molecule has 1 saturated carbocycles. The topological polar surface area (TPSA) is 46.9 Å². The minimum atomic E-state index is 0.00926. The summed E-state index contributed by atoms with van der Waals surface area (Å²) >= 11 is 0. The summed E-state index contributed by atoms with van der Waals surface area (Å²) in [5.74, 6) is 0.00926. The fourth-order valence-corrected chi connectivity index (χ4v) is 2.05. The van der Waals surface area contributed by atoms with Crippen molar-refractivity contribution in [1.29, 1.82) is 0 Å². The zero-order valence-corrected chi connectivity index (χ0v) is 9.07. The van der Waals surface area contributed by atoms with E-state index in [0.717, 1.165) is 12.8 Å². The molecule has 1 heterocycles. The van der Waals surface area contributed by atoms with Gasteiger partial charge in [-0.25, -0.2) is 0 Å². The SMILES string of the molecule is Cn1cc(C(=O)NC2CCCCC2)cn1. The average molecular weight is 207 g/mol. The summed E-state index contributed by atoms with van der Waals surface area (Å²) < 4.78 is 1.65. The van der Waals surface area contributed by atoms with Crippen LogP contribution in [0.15, 0.2) is 12.4 Å². The van der Waals surface area contributed by atoms with Crippen LogP contribution in [0.2, 0.25) is 0 Å². The molecular formula is C11H17N3O. The fourth-order valence-electron chi connectivity index (χ4n) is 2.05. The zero-order valence-electron chi connectivity index (χ0n) is 9.07. The maximum absolute atomic E-state index is 11.8. The van der Waals surface area contributed by atoms with Crippen LogP contribution in [0.5, 0.6) is 0 Å². The molecule has 1 aliphatic rings. The lowest BCUT2D eigenvalue weighted by molar-refractivity contribution is 0.0927. The Morgan fingerprint density at radius 3 is 2.80 bits per heavy atom. The number of aromatic nitrogens is 2. The van der Waals surface area contributed by atoms with Crippen molar-refractivity contribution in [3.63, 3.8) is 0 Å². The Labute approximate surface area is 89.7 Å². The van der Waals surface area contributed by atoms with Crippen molar-refractivity contribution in [3.8, 4) is 0 Å². The lowest BCUT2D eigenvalue weighted by atomic mass is 9.95. The number of hydrogen-bond acceptors (Lipinski definition) is 2. The predicted octanol–water partition coefficient (Wildman–Crippen LogP) is 1.48. The molecule has 1 aromatic heterocycles. The van der Waals surface area contributed by atoms with Gasteiger partial charge >= 0.3 is 0 Å². The Morgan fingerprint density at radius 1 is 1.47 bits per heavy atom. The first-order valence-corrected chi connectivity index (χ1v) is 5.55. The van der Waals surface area contributed by atoms with Gasteiger partial charge in [0.1, 0.15) is 0 Å².